The largest absolute Gasteiger partial charge is 0.481 e. The molecule has 4 N–H and O–H groups in total. The zero-order valence-corrected chi connectivity index (χ0v) is 12.9. The number of carboxylic acid groups (broad SMARTS) is 1. The normalized spacial score (nSPS) is 19.0. The standard InChI is InChI=1S/C15H28N2O4/c1-2-12(3-4-13(18)19)5-8-17-14(20)15(11-16)6-9-21-10-7-15/h12H,2-11,16H2,1H3,(H,17,20)(H,18,19). The Labute approximate surface area is 126 Å². The molecule has 1 aliphatic heterocycles. The van der Waals surface area contributed by atoms with Crippen LogP contribution in [0.1, 0.15) is 45.4 Å². The molecule has 0 aromatic carbocycles. The Balaban J connectivity index is 2.35. The van der Waals surface area contributed by atoms with Gasteiger partial charge in [-0.3, -0.25) is 9.59 Å². The van der Waals surface area contributed by atoms with E-state index in [0.29, 0.717) is 51.5 Å². The molecule has 0 radical (unpaired) electrons. The molecule has 6 nitrogen and oxygen atoms in total. The molecule has 1 saturated heterocycles. The van der Waals surface area contributed by atoms with Crippen molar-refractivity contribution in [3.63, 3.8) is 0 Å². The average Bonchev–Trinajstić information content (AvgIpc) is 2.50. The van der Waals surface area contributed by atoms with Gasteiger partial charge in [0.2, 0.25) is 5.91 Å². The summed E-state index contributed by atoms with van der Waals surface area (Å²) in [7, 11) is 0. The minimum absolute atomic E-state index is 0.0152. The summed E-state index contributed by atoms with van der Waals surface area (Å²) in [5.74, 6) is -0.409. The Bertz CT molecular complexity index is 341. The lowest BCUT2D eigenvalue weighted by Crippen LogP contribution is -2.49. The molecule has 1 fully saturated rings. The van der Waals surface area contributed by atoms with Crippen molar-refractivity contribution in [3.8, 4) is 0 Å². The van der Waals surface area contributed by atoms with Crippen molar-refractivity contribution in [3.05, 3.63) is 0 Å². The maximum atomic E-state index is 12.3. The molecule has 1 amide bonds. The van der Waals surface area contributed by atoms with Crippen molar-refractivity contribution in [1.29, 1.82) is 0 Å². The van der Waals surface area contributed by atoms with Crippen LogP contribution >= 0.6 is 0 Å². The number of ether oxygens (including phenoxy) is 1. The molecule has 0 saturated carbocycles. The second kappa shape index (κ2) is 9.00. The molecule has 1 atom stereocenters. The van der Waals surface area contributed by atoms with Crippen LogP contribution in [-0.2, 0) is 14.3 Å². The maximum absolute atomic E-state index is 12.3. The first kappa shape index (κ1) is 17.9. The molecule has 21 heavy (non-hydrogen) atoms. The SMILES string of the molecule is CCC(CCNC(=O)C1(CN)CCOCC1)CCC(=O)O. The van der Waals surface area contributed by atoms with Crippen LogP contribution in [0, 0.1) is 11.3 Å². The number of aliphatic carboxylic acids is 1. The molecule has 0 spiro atoms. The second-order valence-electron chi connectivity index (χ2n) is 5.85. The van der Waals surface area contributed by atoms with Crippen LogP contribution in [-0.4, -0.2) is 43.3 Å². The summed E-state index contributed by atoms with van der Waals surface area (Å²) < 4.78 is 5.30. The van der Waals surface area contributed by atoms with Gasteiger partial charge in [-0.05, 0) is 31.6 Å². The third-order valence-electron chi connectivity index (χ3n) is 4.50. The van der Waals surface area contributed by atoms with E-state index >= 15 is 0 Å². The average molecular weight is 300 g/mol. The van der Waals surface area contributed by atoms with E-state index in [2.05, 4.69) is 5.32 Å². The third kappa shape index (κ3) is 5.63. The monoisotopic (exact) mass is 300 g/mol. The summed E-state index contributed by atoms with van der Waals surface area (Å²) in [6.07, 6.45) is 3.94. The van der Waals surface area contributed by atoms with Gasteiger partial charge >= 0.3 is 5.97 Å². The Kier molecular flexibility index (Phi) is 7.67. The Hall–Kier alpha value is -1.14. The van der Waals surface area contributed by atoms with Gasteiger partial charge in [0.1, 0.15) is 0 Å². The quantitative estimate of drug-likeness (QED) is 0.592. The number of amides is 1. The van der Waals surface area contributed by atoms with Crippen LogP contribution in [0.5, 0.6) is 0 Å². The highest BCUT2D eigenvalue weighted by Crippen LogP contribution is 2.29. The molecule has 1 rings (SSSR count). The fourth-order valence-corrected chi connectivity index (χ4v) is 2.74. The minimum Gasteiger partial charge on any atom is -0.481 e. The molecule has 6 heteroatoms. The maximum Gasteiger partial charge on any atom is 0.303 e. The summed E-state index contributed by atoms with van der Waals surface area (Å²) in [6, 6.07) is 0. The highest BCUT2D eigenvalue weighted by molar-refractivity contribution is 5.83. The van der Waals surface area contributed by atoms with Gasteiger partial charge in [-0.2, -0.15) is 0 Å². The first-order valence-electron chi connectivity index (χ1n) is 7.82. The first-order chi connectivity index (χ1) is 10.0. The van der Waals surface area contributed by atoms with Crippen molar-refractivity contribution < 1.29 is 19.4 Å². The molecule has 1 heterocycles. The van der Waals surface area contributed by atoms with Crippen molar-refractivity contribution in [1.82, 2.24) is 5.32 Å². The van der Waals surface area contributed by atoms with Crippen molar-refractivity contribution in [2.24, 2.45) is 17.1 Å². The molecule has 122 valence electrons. The highest BCUT2D eigenvalue weighted by atomic mass is 16.5. The smallest absolute Gasteiger partial charge is 0.303 e. The number of carbonyl (C=O) groups is 2. The first-order valence-corrected chi connectivity index (χ1v) is 7.82. The van der Waals surface area contributed by atoms with Crippen LogP contribution in [0.3, 0.4) is 0 Å². The number of nitrogens with two attached hydrogens (primary N) is 1. The summed E-state index contributed by atoms with van der Waals surface area (Å²) in [4.78, 5) is 22.9. The molecule has 0 aromatic rings. The lowest BCUT2D eigenvalue weighted by atomic mass is 9.79. The number of hydrogen-bond acceptors (Lipinski definition) is 4. The zero-order chi connectivity index (χ0) is 15.7. The van der Waals surface area contributed by atoms with Gasteiger partial charge in [0.15, 0.2) is 0 Å². The van der Waals surface area contributed by atoms with Crippen LogP contribution in [0.25, 0.3) is 0 Å². The number of carbonyl (C=O) groups excluding carboxylic acids is 1. The zero-order valence-electron chi connectivity index (χ0n) is 12.9. The van der Waals surface area contributed by atoms with Gasteiger partial charge in [-0.25, -0.2) is 0 Å². The van der Waals surface area contributed by atoms with Crippen molar-refractivity contribution in [2.45, 2.75) is 45.4 Å². The van der Waals surface area contributed by atoms with E-state index in [4.69, 9.17) is 15.6 Å². The van der Waals surface area contributed by atoms with E-state index in [1.807, 2.05) is 6.92 Å². The predicted molar refractivity (Wildman–Crippen MR) is 79.8 cm³/mol. The fraction of sp³-hybridized carbons (Fsp3) is 0.867. The second-order valence-corrected chi connectivity index (χ2v) is 5.85. The summed E-state index contributed by atoms with van der Waals surface area (Å²) in [6.45, 7) is 4.15. The van der Waals surface area contributed by atoms with E-state index < -0.39 is 11.4 Å². The molecular weight excluding hydrogens is 272 g/mol. The van der Waals surface area contributed by atoms with E-state index in [1.165, 1.54) is 0 Å². The molecule has 0 aliphatic carbocycles. The lowest BCUT2D eigenvalue weighted by molar-refractivity contribution is -0.138. The number of carboxylic acids is 1. The van der Waals surface area contributed by atoms with E-state index in [0.717, 1.165) is 12.8 Å². The van der Waals surface area contributed by atoms with Crippen LogP contribution in [0.15, 0.2) is 0 Å². The van der Waals surface area contributed by atoms with E-state index in [9.17, 15) is 9.59 Å². The topological polar surface area (TPSA) is 102 Å². The fourth-order valence-electron chi connectivity index (χ4n) is 2.74. The van der Waals surface area contributed by atoms with Crippen LogP contribution < -0.4 is 11.1 Å². The molecule has 0 aromatic heterocycles. The van der Waals surface area contributed by atoms with E-state index in [1.54, 1.807) is 0 Å². The van der Waals surface area contributed by atoms with Gasteiger partial charge in [0.25, 0.3) is 0 Å². The molecule has 1 aliphatic rings. The number of hydrogen-bond donors (Lipinski definition) is 3. The predicted octanol–water partition coefficient (Wildman–Crippen LogP) is 1.14. The molecular formula is C15H28N2O4. The van der Waals surface area contributed by atoms with Gasteiger partial charge in [0.05, 0.1) is 5.41 Å². The Morgan fingerprint density at radius 3 is 2.52 bits per heavy atom. The van der Waals surface area contributed by atoms with Crippen molar-refractivity contribution in [2.75, 3.05) is 26.3 Å². The van der Waals surface area contributed by atoms with Crippen LogP contribution in [0.2, 0.25) is 0 Å². The van der Waals surface area contributed by atoms with Gasteiger partial charge in [-0.15, -0.1) is 0 Å². The lowest BCUT2D eigenvalue weighted by Gasteiger charge is -2.34. The minimum atomic E-state index is -0.762. The molecule has 0 bridgehead atoms. The summed E-state index contributed by atoms with van der Waals surface area (Å²) >= 11 is 0. The summed E-state index contributed by atoms with van der Waals surface area (Å²) in [5.41, 5.74) is 5.31. The van der Waals surface area contributed by atoms with E-state index in [-0.39, 0.29) is 12.3 Å². The van der Waals surface area contributed by atoms with Crippen molar-refractivity contribution >= 4 is 11.9 Å². The van der Waals surface area contributed by atoms with Gasteiger partial charge in [-0.1, -0.05) is 13.3 Å². The highest BCUT2D eigenvalue weighted by Gasteiger charge is 2.38. The third-order valence-corrected chi connectivity index (χ3v) is 4.50. The molecule has 1 unspecified atom stereocenters. The van der Waals surface area contributed by atoms with Gasteiger partial charge in [0, 0.05) is 32.7 Å². The number of nitrogens with one attached hydrogen (secondary N) is 1. The Morgan fingerprint density at radius 1 is 1.33 bits per heavy atom. The van der Waals surface area contributed by atoms with Gasteiger partial charge < -0.3 is 20.9 Å². The number of rotatable bonds is 9. The Morgan fingerprint density at radius 2 is 2.00 bits per heavy atom. The van der Waals surface area contributed by atoms with Crippen LogP contribution in [0.4, 0.5) is 0 Å². The summed E-state index contributed by atoms with van der Waals surface area (Å²) in [5, 5.41) is 11.7.